The van der Waals surface area contributed by atoms with E-state index in [-0.39, 0.29) is 5.91 Å². The van der Waals surface area contributed by atoms with Gasteiger partial charge in [-0.1, -0.05) is 26.8 Å². The molecule has 1 aliphatic carbocycles. The molecule has 26 heavy (non-hydrogen) atoms. The van der Waals surface area contributed by atoms with Crippen LogP contribution in [0.15, 0.2) is 18.2 Å². The average molecular weight is 363 g/mol. The van der Waals surface area contributed by atoms with Gasteiger partial charge < -0.3 is 19.9 Å². The number of hydrogen-bond acceptors (Lipinski definition) is 4. The molecular formula is C20H29NO5. The van der Waals surface area contributed by atoms with Gasteiger partial charge in [0.1, 0.15) is 0 Å². The van der Waals surface area contributed by atoms with Crippen LogP contribution >= 0.6 is 0 Å². The number of aliphatic carboxylic acids is 1. The SMILES string of the molecule is COc1ccc(CCNC(=O)[C@]2(C)CC[C@H](C(=O)O)C2(C)C)cc1OC. The van der Waals surface area contributed by atoms with E-state index < -0.39 is 22.7 Å². The first kappa shape index (κ1) is 20.1. The lowest BCUT2D eigenvalue weighted by atomic mass is 9.65. The van der Waals surface area contributed by atoms with Crippen LogP contribution < -0.4 is 14.8 Å². The minimum absolute atomic E-state index is 0.0771. The molecule has 0 aromatic heterocycles. The van der Waals surface area contributed by atoms with Gasteiger partial charge in [0, 0.05) is 6.54 Å². The fourth-order valence-electron chi connectivity index (χ4n) is 3.89. The van der Waals surface area contributed by atoms with Gasteiger partial charge in [0.2, 0.25) is 5.91 Å². The quantitative estimate of drug-likeness (QED) is 0.778. The van der Waals surface area contributed by atoms with Crippen molar-refractivity contribution in [2.24, 2.45) is 16.7 Å². The Bertz CT molecular complexity index is 685. The maximum Gasteiger partial charge on any atom is 0.307 e. The number of amides is 1. The molecule has 6 heteroatoms. The van der Waals surface area contributed by atoms with Crippen LogP contribution in [0.4, 0.5) is 0 Å². The largest absolute Gasteiger partial charge is 0.493 e. The van der Waals surface area contributed by atoms with Gasteiger partial charge >= 0.3 is 5.97 Å². The Labute approximate surface area is 154 Å². The molecule has 1 aliphatic rings. The Balaban J connectivity index is 2.00. The highest BCUT2D eigenvalue weighted by molar-refractivity contribution is 5.85. The second-order valence-electron chi connectivity index (χ2n) is 7.68. The van der Waals surface area contributed by atoms with Crippen LogP contribution in [0.5, 0.6) is 11.5 Å². The summed E-state index contributed by atoms with van der Waals surface area (Å²) in [5.74, 6) is -0.0718. The fourth-order valence-corrected chi connectivity index (χ4v) is 3.89. The van der Waals surface area contributed by atoms with Crippen LogP contribution in [0.3, 0.4) is 0 Å². The molecule has 144 valence electrons. The van der Waals surface area contributed by atoms with Gasteiger partial charge in [0.05, 0.1) is 25.6 Å². The van der Waals surface area contributed by atoms with Gasteiger partial charge in [0.25, 0.3) is 0 Å². The lowest BCUT2D eigenvalue weighted by Crippen LogP contribution is -2.48. The summed E-state index contributed by atoms with van der Waals surface area (Å²) >= 11 is 0. The number of ether oxygens (including phenoxy) is 2. The molecule has 2 rings (SSSR count). The topological polar surface area (TPSA) is 84.9 Å². The second kappa shape index (κ2) is 7.56. The minimum atomic E-state index is -0.822. The van der Waals surface area contributed by atoms with E-state index in [0.717, 1.165) is 5.56 Å². The maximum absolute atomic E-state index is 12.8. The molecule has 1 aromatic rings. The van der Waals surface area contributed by atoms with Crippen molar-refractivity contribution in [2.75, 3.05) is 20.8 Å². The van der Waals surface area contributed by atoms with E-state index in [1.165, 1.54) is 0 Å². The monoisotopic (exact) mass is 363 g/mol. The molecule has 1 amide bonds. The van der Waals surface area contributed by atoms with Crippen molar-refractivity contribution in [1.82, 2.24) is 5.32 Å². The predicted octanol–water partition coefficient (Wildman–Crippen LogP) is 2.89. The summed E-state index contributed by atoms with van der Waals surface area (Å²) in [5.41, 5.74) is -0.248. The van der Waals surface area contributed by atoms with Crippen LogP contribution in [0.2, 0.25) is 0 Å². The third-order valence-corrected chi connectivity index (χ3v) is 6.17. The van der Waals surface area contributed by atoms with Crippen molar-refractivity contribution in [1.29, 1.82) is 0 Å². The molecular weight excluding hydrogens is 334 g/mol. The van der Waals surface area contributed by atoms with Crippen molar-refractivity contribution >= 4 is 11.9 Å². The molecule has 0 bridgehead atoms. The summed E-state index contributed by atoms with van der Waals surface area (Å²) in [6.07, 6.45) is 1.77. The number of carbonyl (C=O) groups is 2. The van der Waals surface area contributed by atoms with Gasteiger partial charge in [-0.15, -0.1) is 0 Å². The number of nitrogens with one attached hydrogen (secondary N) is 1. The van der Waals surface area contributed by atoms with Crippen molar-refractivity contribution in [3.8, 4) is 11.5 Å². The first-order valence-corrected chi connectivity index (χ1v) is 8.89. The number of rotatable bonds is 7. The Kier molecular flexibility index (Phi) is 5.84. The van der Waals surface area contributed by atoms with Gasteiger partial charge in [-0.25, -0.2) is 0 Å². The van der Waals surface area contributed by atoms with E-state index in [1.807, 2.05) is 39.0 Å². The van der Waals surface area contributed by atoms with E-state index in [1.54, 1.807) is 14.2 Å². The van der Waals surface area contributed by atoms with Gasteiger partial charge in [0.15, 0.2) is 11.5 Å². The average Bonchev–Trinajstić information content (AvgIpc) is 2.85. The highest BCUT2D eigenvalue weighted by Crippen LogP contribution is 2.56. The Morgan fingerprint density at radius 1 is 1.19 bits per heavy atom. The number of hydrogen-bond donors (Lipinski definition) is 2. The normalized spacial score (nSPS) is 24.1. The summed E-state index contributed by atoms with van der Waals surface area (Å²) in [6.45, 7) is 6.12. The maximum atomic E-state index is 12.8. The smallest absolute Gasteiger partial charge is 0.307 e. The molecule has 0 spiro atoms. The molecule has 1 fully saturated rings. The molecule has 2 N–H and O–H groups in total. The van der Waals surface area contributed by atoms with Crippen LogP contribution in [0.1, 0.15) is 39.2 Å². The van der Waals surface area contributed by atoms with E-state index in [0.29, 0.717) is 37.3 Å². The van der Waals surface area contributed by atoms with Crippen molar-refractivity contribution in [2.45, 2.75) is 40.0 Å². The summed E-state index contributed by atoms with van der Waals surface area (Å²) < 4.78 is 10.5. The van der Waals surface area contributed by atoms with Gasteiger partial charge in [-0.3, -0.25) is 9.59 Å². The third-order valence-electron chi connectivity index (χ3n) is 6.17. The summed E-state index contributed by atoms with van der Waals surface area (Å²) in [7, 11) is 3.18. The Morgan fingerprint density at radius 3 is 2.38 bits per heavy atom. The molecule has 0 aliphatic heterocycles. The first-order chi connectivity index (χ1) is 12.2. The molecule has 0 heterocycles. The number of carbonyl (C=O) groups excluding carboxylic acids is 1. The molecule has 6 nitrogen and oxygen atoms in total. The number of methoxy groups -OCH3 is 2. The van der Waals surface area contributed by atoms with Crippen molar-refractivity contribution in [3.05, 3.63) is 23.8 Å². The summed E-state index contributed by atoms with van der Waals surface area (Å²) in [6, 6.07) is 5.68. The number of benzene rings is 1. The minimum Gasteiger partial charge on any atom is -0.493 e. The predicted molar refractivity (Wildman–Crippen MR) is 98.5 cm³/mol. The highest BCUT2D eigenvalue weighted by Gasteiger charge is 2.58. The standard InChI is InChI=1S/C20H29NO5/c1-19(2)14(17(22)23)8-10-20(19,3)18(24)21-11-9-13-6-7-15(25-4)16(12-13)26-5/h6-7,12,14H,8-11H2,1-5H3,(H,21,24)(H,22,23)/t14-,20+/m1/s1. The molecule has 0 saturated heterocycles. The van der Waals surface area contributed by atoms with Crippen LogP contribution in [0, 0.1) is 16.7 Å². The van der Waals surface area contributed by atoms with Crippen LogP contribution in [-0.4, -0.2) is 37.7 Å². The summed E-state index contributed by atoms with van der Waals surface area (Å²) in [5, 5.41) is 12.4. The lowest BCUT2D eigenvalue weighted by molar-refractivity contribution is -0.148. The van der Waals surface area contributed by atoms with Gasteiger partial charge in [-0.05, 0) is 42.4 Å². The second-order valence-corrected chi connectivity index (χ2v) is 7.68. The van der Waals surface area contributed by atoms with Gasteiger partial charge in [-0.2, -0.15) is 0 Å². The molecule has 1 saturated carbocycles. The molecule has 0 radical (unpaired) electrons. The van der Waals surface area contributed by atoms with E-state index in [9.17, 15) is 14.7 Å². The van der Waals surface area contributed by atoms with E-state index >= 15 is 0 Å². The van der Waals surface area contributed by atoms with E-state index in [2.05, 4.69) is 5.32 Å². The van der Waals surface area contributed by atoms with Crippen LogP contribution in [0.25, 0.3) is 0 Å². The first-order valence-electron chi connectivity index (χ1n) is 8.89. The molecule has 2 atom stereocenters. The Hall–Kier alpha value is -2.24. The Morgan fingerprint density at radius 2 is 1.85 bits per heavy atom. The lowest BCUT2D eigenvalue weighted by Gasteiger charge is -2.39. The van der Waals surface area contributed by atoms with Crippen molar-refractivity contribution in [3.63, 3.8) is 0 Å². The van der Waals surface area contributed by atoms with E-state index in [4.69, 9.17) is 9.47 Å². The molecule has 0 unspecified atom stereocenters. The zero-order chi connectivity index (χ0) is 19.5. The number of carboxylic acids is 1. The summed E-state index contributed by atoms with van der Waals surface area (Å²) in [4.78, 5) is 24.3. The van der Waals surface area contributed by atoms with Crippen LogP contribution in [-0.2, 0) is 16.0 Å². The zero-order valence-corrected chi connectivity index (χ0v) is 16.2. The number of carboxylic acid groups (broad SMARTS) is 1. The molecule has 1 aromatic carbocycles. The van der Waals surface area contributed by atoms with Crippen molar-refractivity contribution < 1.29 is 24.2 Å². The zero-order valence-electron chi connectivity index (χ0n) is 16.2. The highest BCUT2D eigenvalue weighted by atomic mass is 16.5. The fraction of sp³-hybridized carbons (Fsp3) is 0.600. The third kappa shape index (κ3) is 3.50.